The molecule has 2 aromatic carbocycles. The highest BCUT2D eigenvalue weighted by atomic mass is 16.5. The highest BCUT2D eigenvalue weighted by molar-refractivity contribution is 5.92. The Morgan fingerprint density at radius 1 is 1.17 bits per heavy atom. The summed E-state index contributed by atoms with van der Waals surface area (Å²) in [5.41, 5.74) is 9.61. The van der Waals surface area contributed by atoms with Gasteiger partial charge in [0.05, 0.1) is 12.3 Å². The van der Waals surface area contributed by atoms with Gasteiger partial charge in [-0.3, -0.25) is 4.79 Å². The van der Waals surface area contributed by atoms with Gasteiger partial charge < -0.3 is 15.8 Å². The molecule has 0 aliphatic carbocycles. The molecule has 122 valence electrons. The van der Waals surface area contributed by atoms with E-state index in [1.165, 1.54) is 0 Å². The first-order chi connectivity index (χ1) is 11.1. The number of hydrogen-bond acceptors (Lipinski definition) is 3. The Bertz CT molecular complexity index is 668. The van der Waals surface area contributed by atoms with Crippen LogP contribution in [0.5, 0.6) is 5.75 Å². The minimum Gasteiger partial charge on any atom is -0.491 e. The standard InChI is InChI=1S/C19H24N2O2/c1-3-15-9-6-8-14(2)19(15)21-18(22)12-7-13-23-17-11-5-4-10-16(17)20/h4-6,8-11H,3,7,12-13,20H2,1-2H3,(H,21,22). The van der Waals surface area contributed by atoms with E-state index in [1.54, 1.807) is 6.07 Å². The van der Waals surface area contributed by atoms with Gasteiger partial charge in [-0.2, -0.15) is 0 Å². The van der Waals surface area contributed by atoms with Gasteiger partial charge in [0.15, 0.2) is 0 Å². The molecule has 23 heavy (non-hydrogen) atoms. The third kappa shape index (κ3) is 4.74. The van der Waals surface area contributed by atoms with Crippen molar-refractivity contribution in [2.45, 2.75) is 33.1 Å². The van der Waals surface area contributed by atoms with E-state index < -0.39 is 0 Å². The molecule has 0 radical (unpaired) electrons. The van der Waals surface area contributed by atoms with Crippen LogP contribution in [0.15, 0.2) is 42.5 Å². The summed E-state index contributed by atoms with van der Waals surface area (Å²) >= 11 is 0. The van der Waals surface area contributed by atoms with Crippen LogP contribution in [0.4, 0.5) is 11.4 Å². The van der Waals surface area contributed by atoms with Crippen LogP contribution in [0.1, 0.15) is 30.9 Å². The number of carbonyl (C=O) groups excluding carboxylic acids is 1. The largest absolute Gasteiger partial charge is 0.491 e. The summed E-state index contributed by atoms with van der Waals surface area (Å²) in [5.74, 6) is 0.679. The second-order valence-electron chi connectivity index (χ2n) is 5.50. The van der Waals surface area contributed by atoms with Crippen LogP contribution in [0.25, 0.3) is 0 Å². The van der Waals surface area contributed by atoms with Gasteiger partial charge in [0, 0.05) is 12.1 Å². The Labute approximate surface area is 137 Å². The van der Waals surface area contributed by atoms with Crippen molar-refractivity contribution in [2.75, 3.05) is 17.7 Å². The SMILES string of the molecule is CCc1cccc(C)c1NC(=O)CCCOc1ccccc1N. The fourth-order valence-electron chi connectivity index (χ4n) is 2.43. The van der Waals surface area contributed by atoms with Crippen LogP contribution in [-0.2, 0) is 11.2 Å². The van der Waals surface area contributed by atoms with Crippen molar-refractivity contribution in [3.63, 3.8) is 0 Å². The second-order valence-corrected chi connectivity index (χ2v) is 5.50. The predicted molar refractivity (Wildman–Crippen MR) is 94.8 cm³/mol. The minimum atomic E-state index is 0.0126. The van der Waals surface area contributed by atoms with Crippen molar-refractivity contribution in [3.8, 4) is 5.75 Å². The lowest BCUT2D eigenvalue weighted by Gasteiger charge is -2.13. The number of benzene rings is 2. The summed E-state index contributed by atoms with van der Waals surface area (Å²) in [4.78, 5) is 12.1. The highest BCUT2D eigenvalue weighted by Gasteiger charge is 2.08. The molecule has 0 bridgehead atoms. The molecule has 0 spiro atoms. The number of carbonyl (C=O) groups is 1. The predicted octanol–water partition coefficient (Wildman–Crippen LogP) is 3.94. The molecule has 2 rings (SSSR count). The monoisotopic (exact) mass is 312 g/mol. The molecule has 0 heterocycles. The Morgan fingerprint density at radius 2 is 1.96 bits per heavy atom. The maximum absolute atomic E-state index is 12.1. The van der Waals surface area contributed by atoms with Crippen LogP contribution >= 0.6 is 0 Å². The fourth-order valence-corrected chi connectivity index (χ4v) is 2.43. The zero-order chi connectivity index (χ0) is 16.7. The molecule has 3 N–H and O–H groups in total. The smallest absolute Gasteiger partial charge is 0.224 e. The topological polar surface area (TPSA) is 64.3 Å². The van der Waals surface area contributed by atoms with Gasteiger partial charge in [0.1, 0.15) is 5.75 Å². The van der Waals surface area contributed by atoms with Gasteiger partial charge in [0.25, 0.3) is 0 Å². The van der Waals surface area contributed by atoms with Crippen molar-refractivity contribution in [1.29, 1.82) is 0 Å². The zero-order valence-corrected chi connectivity index (χ0v) is 13.8. The Kier molecular flexibility index (Phi) is 6.03. The number of anilines is 2. The van der Waals surface area contributed by atoms with Crippen molar-refractivity contribution < 1.29 is 9.53 Å². The summed E-state index contributed by atoms with van der Waals surface area (Å²) in [6.45, 7) is 4.56. The number of ether oxygens (including phenoxy) is 1. The van der Waals surface area contributed by atoms with Gasteiger partial charge in [-0.1, -0.05) is 37.3 Å². The van der Waals surface area contributed by atoms with Crippen LogP contribution in [0.2, 0.25) is 0 Å². The van der Waals surface area contributed by atoms with Crippen molar-refractivity contribution in [2.24, 2.45) is 0 Å². The molecular weight excluding hydrogens is 288 g/mol. The van der Waals surface area contributed by atoms with Gasteiger partial charge >= 0.3 is 0 Å². The summed E-state index contributed by atoms with van der Waals surface area (Å²) in [6.07, 6.45) is 1.96. The first-order valence-electron chi connectivity index (χ1n) is 7.97. The molecular formula is C19H24N2O2. The van der Waals surface area contributed by atoms with Gasteiger partial charge in [0.2, 0.25) is 5.91 Å². The molecule has 0 aromatic heterocycles. The van der Waals surface area contributed by atoms with E-state index in [9.17, 15) is 4.79 Å². The lowest BCUT2D eigenvalue weighted by molar-refractivity contribution is -0.116. The molecule has 4 nitrogen and oxygen atoms in total. The van der Waals surface area contributed by atoms with Crippen molar-refractivity contribution in [1.82, 2.24) is 0 Å². The number of nitrogens with two attached hydrogens (primary N) is 1. The van der Waals surface area contributed by atoms with Crippen molar-refractivity contribution in [3.05, 3.63) is 53.6 Å². The highest BCUT2D eigenvalue weighted by Crippen LogP contribution is 2.22. The van der Waals surface area contributed by atoms with E-state index in [1.807, 2.05) is 43.3 Å². The first kappa shape index (κ1) is 16.9. The lowest BCUT2D eigenvalue weighted by atomic mass is 10.1. The van der Waals surface area contributed by atoms with Gasteiger partial charge in [-0.05, 0) is 43.0 Å². The van der Waals surface area contributed by atoms with E-state index in [2.05, 4.69) is 12.2 Å². The lowest BCUT2D eigenvalue weighted by Crippen LogP contribution is -2.15. The maximum Gasteiger partial charge on any atom is 0.224 e. The average molecular weight is 312 g/mol. The van der Waals surface area contributed by atoms with E-state index >= 15 is 0 Å². The number of para-hydroxylation sites is 3. The molecule has 0 unspecified atom stereocenters. The van der Waals surface area contributed by atoms with Crippen LogP contribution in [0.3, 0.4) is 0 Å². The molecule has 0 fully saturated rings. The summed E-state index contributed by atoms with van der Waals surface area (Å²) in [6, 6.07) is 13.4. The van der Waals surface area contributed by atoms with E-state index in [-0.39, 0.29) is 5.91 Å². The summed E-state index contributed by atoms with van der Waals surface area (Å²) < 4.78 is 5.60. The number of rotatable bonds is 7. The Balaban J connectivity index is 1.81. The number of aryl methyl sites for hydroxylation is 2. The number of hydrogen-bond donors (Lipinski definition) is 2. The number of amides is 1. The minimum absolute atomic E-state index is 0.0126. The average Bonchev–Trinajstić information content (AvgIpc) is 2.55. The second kappa shape index (κ2) is 8.22. The summed E-state index contributed by atoms with van der Waals surface area (Å²) in [7, 11) is 0. The third-order valence-corrected chi connectivity index (χ3v) is 3.73. The van der Waals surface area contributed by atoms with Crippen LogP contribution in [0, 0.1) is 6.92 Å². The fraction of sp³-hybridized carbons (Fsp3) is 0.316. The Morgan fingerprint density at radius 3 is 2.70 bits per heavy atom. The van der Waals surface area contributed by atoms with Gasteiger partial charge in [-0.15, -0.1) is 0 Å². The molecule has 0 aliphatic heterocycles. The normalized spacial score (nSPS) is 10.3. The molecule has 0 aliphatic rings. The summed E-state index contributed by atoms with van der Waals surface area (Å²) in [5, 5.41) is 3.02. The Hall–Kier alpha value is -2.49. The van der Waals surface area contributed by atoms with E-state index in [4.69, 9.17) is 10.5 Å². The quantitative estimate of drug-likeness (QED) is 0.601. The third-order valence-electron chi connectivity index (χ3n) is 3.73. The maximum atomic E-state index is 12.1. The number of nitrogen functional groups attached to an aromatic ring is 1. The number of nitrogens with one attached hydrogen (secondary N) is 1. The molecule has 0 saturated heterocycles. The molecule has 1 amide bonds. The van der Waals surface area contributed by atoms with Gasteiger partial charge in [-0.25, -0.2) is 0 Å². The first-order valence-corrected chi connectivity index (χ1v) is 7.97. The molecule has 2 aromatic rings. The van der Waals surface area contributed by atoms with Crippen LogP contribution < -0.4 is 15.8 Å². The zero-order valence-electron chi connectivity index (χ0n) is 13.8. The van der Waals surface area contributed by atoms with E-state index in [0.29, 0.717) is 30.9 Å². The van der Waals surface area contributed by atoms with Crippen LogP contribution in [-0.4, -0.2) is 12.5 Å². The van der Waals surface area contributed by atoms with Crippen molar-refractivity contribution >= 4 is 17.3 Å². The molecule has 4 heteroatoms. The van der Waals surface area contributed by atoms with E-state index in [0.717, 1.165) is 23.2 Å². The molecule has 0 saturated carbocycles. The molecule has 0 atom stereocenters.